The molecule has 0 radical (unpaired) electrons. The number of carboxylic acid groups (broad SMARTS) is 1. The Balaban J connectivity index is 2.35. The molecule has 1 N–H and O–H groups in total. The van der Waals surface area contributed by atoms with Crippen molar-refractivity contribution in [1.82, 2.24) is 9.78 Å². The van der Waals surface area contributed by atoms with Gasteiger partial charge in [0.15, 0.2) is 0 Å². The van der Waals surface area contributed by atoms with Crippen LogP contribution < -0.4 is 0 Å². The van der Waals surface area contributed by atoms with Gasteiger partial charge in [-0.3, -0.25) is 4.68 Å². The molecule has 1 fully saturated rings. The van der Waals surface area contributed by atoms with Crippen molar-refractivity contribution < 1.29 is 14.6 Å². The first-order valence-electron chi connectivity index (χ1n) is 4.57. The molecule has 0 spiro atoms. The SMILES string of the molecule is Cn1cc(C(=O)O)c([C@@H]2CCCO2)n1. The molecule has 5 heteroatoms. The number of ether oxygens (including phenoxy) is 1. The molecule has 1 atom stereocenters. The minimum atomic E-state index is -0.941. The van der Waals surface area contributed by atoms with Gasteiger partial charge in [-0.2, -0.15) is 5.10 Å². The fraction of sp³-hybridized carbons (Fsp3) is 0.556. The van der Waals surface area contributed by atoms with E-state index in [1.165, 1.54) is 10.9 Å². The first kappa shape index (κ1) is 9.21. The van der Waals surface area contributed by atoms with Gasteiger partial charge in [0.2, 0.25) is 0 Å². The molecule has 76 valence electrons. The highest BCUT2D eigenvalue weighted by molar-refractivity contribution is 5.88. The third-order valence-corrected chi connectivity index (χ3v) is 2.32. The standard InChI is InChI=1S/C9H12N2O3/c1-11-5-6(9(12)13)8(10-11)7-3-2-4-14-7/h5,7H,2-4H2,1H3,(H,12,13)/t7-/m0/s1. The van der Waals surface area contributed by atoms with E-state index in [1.54, 1.807) is 7.05 Å². The average molecular weight is 196 g/mol. The molecule has 0 aromatic carbocycles. The Morgan fingerprint density at radius 1 is 1.79 bits per heavy atom. The zero-order valence-corrected chi connectivity index (χ0v) is 7.93. The van der Waals surface area contributed by atoms with E-state index in [-0.39, 0.29) is 11.7 Å². The van der Waals surface area contributed by atoms with Crippen LogP contribution in [0, 0.1) is 0 Å². The lowest BCUT2D eigenvalue weighted by molar-refractivity contribution is 0.0681. The van der Waals surface area contributed by atoms with E-state index in [9.17, 15) is 4.79 Å². The van der Waals surface area contributed by atoms with E-state index in [4.69, 9.17) is 9.84 Å². The molecule has 0 bridgehead atoms. The molecule has 0 saturated carbocycles. The summed E-state index contributed by atoms with van der Waals surface area (Å²) >= 11 is 0. The summed E-state index contributed by atoms with van der Waals surface area (Å²) in [6, 6.07) is 0. The Hall–Kier alpha value is -1.36. The van der Waals surface area contributed by atoms with Gasteiger partial charge in [0.25, 0.3) is 0 Å². The Morgan fingerprint density at radius 3 is 3.14 bits per heavy atom. The van der Waals surface area contributed by atoms with E-state index in [0.717, 1.165) is 12.8 Å². The number of aromatic nitrogens is 2. The molecule has 0 amide bonds. The van der Waals surface area contributed by atoms with Crippen molar-refractivity contribution in [3.8, 4) is 0 Å². The average Bonchev–Trinajstić information content (AvgIpc) is 2.70. The molecule has 2 heterocycles. The molecule has 0 aliphatic carbocycles. The second kappa shape index (κ2) is 3.42. The molecule has 1 saturated heterocycles. The lowest BCUT2D eigenvalue weighted by atomic mass is 10.1. The number of nitrogens with zero attached hydrogens (tertiary/aromatic N) is 2. The van der Waals surface area contributed by atoms with Crippen LogP contribution >= 0.6 is 0 Å². The first-order chi connectivity index (χ1) is 6.68. The summed E-state index contributed by atoms with van der Waals surface area (Å²) in [7, 11) is 1.71. The van der Waals surface area contributed by atoms with Gasteiger partial charge in [-0.1, -0.05) is 0 Å². The maximum absolute atomic E-state index is 10.9. The Bertz CT molecular complexity index is 353. The molecule has 1 aromatic heterocycles. The van der Waals surface area contributed by atoms with Crippen LogP contribution in [0.4, 0.5) is 0 Å². The van der Waals surface area contributed by atoms with Crippen molar-refractivity contribution in [2.24, 2.45) is 7.05 Å². The number of hydrogen-bond acceptors (Lipinski definition) is 3. The quantitative estimate of drug-likeness (QED) is 0.765. The lowest BCUT2D eigenvalue weighted by Gasteiger charge is -2.06. The second-order valence-electron chi connectivity index (χ2n) is 3.41. The topological polar surface area (TPSA) is 64.4 Å². The van der Waals surface area contributed by atoms with E-state index in [2.05, 4.69) is 5.10 Å². The maximum Gasteiger partial charge on any atom is 0.339 e. The summed E-state index contributed by atoms with van der Waals surface area (Å²) in [5.74, 6) is -0.941. The normalized spacial score (nSPS) is 21.4. The van der Waals surface area contributed by atoms with Crippen molar-refractivity contribution in [1.29, 1.82) is 0 Å². The van der Waals surface area contributed by atoms with Crippen molar-refractivity contribution in [3.63, 3.8) is 0 Å². The highest BCUT2D eigenvalue weighted by Gasteiger charge is 2.26. The number of aromatic carboxylic acids is 1. The summed E-state index contributed by atoms with van der Waals surface area (Å²) in [5.41, 5.74) is 0.803. The van der Waals surface area contributed by atoms with Crippen molar-refractivity contribution in [2.45, 2.75) is 18.9 Å². The van der Waals surface area contributed by atoms with Crippen LogP contribution in [0.2, 0.25) is 0 Å². The van der Waals surface area contributed by atoms with Crippen molar-refractivity contribution in [3.05, 3.63) is 17.5 Å². The summed E-state index contributed by atoms with van der Waals surface area (Å²) in [6.07, 6.45) is 3.21. The zero-order chi connectivity index (χ0) is 10.1. The van der Waals surface area contributed by atoms with Gasteiger partial charge < -0.3 is 9.84 Å². The van der Waals surface area contributed by atoms with Crippen LogP contribution in [-0.2, 0) is 11.8 Å². The van der Waals surface area contributed by atoms with Crippen LogP contribution in [0.5, 0.6) is 0 Å². The monoisotopic (exact) mass is 196 g/mol. The summed E-state index contributed by atoms with van der Waals surface area (Å²) in [5, 5.41) is 13.1. The Kier molecular flexibility index (Phi) is 2.25. The molecular formula is C9H12N2O3. The summed E-state index contributed by atoms with van der Waals surface area (Å²) < 4.78 is 6.92. The van der Waals surface area contributed by atoms with E-state index in [1.807, 2.05) is 0 Å². The van der Waals surface area contributed by atoms with Crippen LogP contribution in [0.15, 0.2) is 6.20 Å². The fourth-order valence-corrected chi connectivity index (χ4v) is 1.70. The third-order valence-electron chi connectivity index (χ3n) is 2.32. The van der Waals surface area contributed by atoms with Crippen LogP contribution in [0.3, 0.4) is 0 Å². The first-order valence-corrected chi connectivity index (χ1v) is 4.57. The zero-order valence-electron chi connectivity index (χ0n) is 7.93. The molecule has 1 aliphatic rings. The Morgan fingerprint density at radius 2 is 2.57 bits per heavy atom. The molecular weight excluding hydrogens is 184 g/mol. The highest BCUT2D eigenvalue weighted by Crippen LogP contribution is 2.29. The van der Waals surface area contributed by atoms with Crippen LogP contribution in [0.25, 0.3) is 0 Å². The van der Waals surface area contributed by atoms with E-state index < -0.39 is 5.97 Å². The van der Waals surface area contributed by atoms with Gasteiger partial charge in [0, 0.05) is 19.9 Å². The van der Waals surface area contributed by atoms with Gasteiger partial charge >= 0.3 is 5.97 Å². The Labute approximate surface area is 81.3 Å². The van der Waals surface area contributed by atoms with Crippen molar-refractivity contribution >= 4 is 5.97 Å². The smallest absolute Gasteiger partial charge is 0.339 e. The second-order valence-corrected chi connectivity index (χ2v) is 3.41. The largest absolute Gasteiger partial charge is 0.478 e. The lowest BCUT2D eigenvalue weighted by Crippen LogP contribution is -2.05. The van der Waals surface area contributed by atoms with E-state index >= 15 is 0 Å². The molecule has 0 unspecified atom stereocenters. The summed E-state index contributed by atoms with van der Waals surface area (Å²) in [6.45, 7) is 0.695. The van der Waals surface area contributed by atoms with Gasteiger partial charge in [-0.25, -0.2) is 4.79 Å². The number of rotatable bonds is 2. The molecule has 2 rings (SSSR count). The third kappa shape index (κ3) is 1.50. The molecule has 14 heavy (non-hydrogen) atoms. The predicted molar refractivity (Wildman–Crippen MR) is 48.1 cm³/mol. The molecule has 1 aromatic rings. The van der Waals surface area contributed by atoms with Gasteiger partial charge in [0.1, 0.15) is 17.4 Å². The molecule has 5 nitrogen and oxygen atoms in total. The van der Waals surface area contributed by atoms with Crippen molar-refractivity contribution in [2.75, 3.05) is 6.61 Å². The summed E-state index contributed by atoms with van der Waals surface area (Å²) in [4.78, 5) is 10.9. The highest BCUT2D eigenvalue weighted by atomic mass is 16.5. The molecule has 1 aliphatic heterocycles. The van der Waals surface area contributed by atoms with Gasteiger partial charge in [0.05, 0.1) is 0 Å². The fourth-order valence-electron chi connectivity index (χ4n) is 1.70. The maximum atomic E-state index is 10.9. The van der Waals surface area contributed by atoms with E-state index in [0.29, 0.717) is 12.3 Å². The van der Waals surface area contributed by atoms with Crippen LogP contribution in [0.1, 0.15) is 35.0 Å². The minimum Gasteiger partial charge on any atom is -0.478 e. The minimum absolute atomic E-state index is 0.137. The predicted octanol–water partition coefficient (Wildman–Crippen LogP) is 0.970. The number of hydrogen-bond donors (Lipinski definition) is 1. The van der Waals surface area contributed by atoms with Crippen LogP contribution in [-0.4, -0.2) is 27.5 Å². The number of carboxylic acids is 1. The van der Waals surface area contributed by atoms with Gasteiger partial charge in [-0.15, -0.1) is 0 Å². The number of aryl methyl sites for hydroxylation is 1. The number of carbonyl (C=O) groups is 1. The van der Waals surface area contributed by atoms with Gasteiger partial charge in [-0.05, 0) is 12.8 Å².